The minimum atomic E-state index is -3.08. The van der Waals surface area contributed by atoms with E-state index in [9.17, 15) is 9.59 Å². The Morgan fingerprint density at radius 2 is 1.15 bits per heavy atom. The first-order valence-corrected chi connectivity index (χ1v) is 16.5. The zero-order valence-electron chi connectivity index (χ0n) is 25.3. The van der Waals surface area contributed by atoms with Crippen LogP contribution in [0.25, 0.3) is 32.7 Å². The molecule has 0 saturated carbocycles. The van der Waals surface area contributed by atoms with Crippen molar-refractivity contribution in [2.75, 3.05) is 0 Å². The molecule has 41 heavy (non-hydrogen) atoms. The Balaban J connectivity index is 1.83. The third-order valence-electron chi connectivity index (χ3n) is 8.86. The van der Waals surface area contributed by atoms with Crippen LogP contribution in [0.4, 0.5) is 0 Å². The van der Waals surface area contributed by atoms with Gasteiger partial charge in [-0.2, -0.15) is 0 Å². The number of ketones is 2. The number of allylic oxidation sites excluding steroid dienone is 2. The number of carbonyl (C=O) groups excluding carboxylic acids is 2. The maximum absolute atomic E-state index is 14.3. The van der Waals surface area contributed by atoms with Gasteiger partial charge in [-0.25, -0.2) is 0 Å². The molecule has 0 amide bonds. The van der Waals surface area contributed by atoms with Crippen molar-refractivity contribution in [2.45, 2.75) is 78.3 Å². The topological polar surface area (TPSA) is 52.6 Å². The molecule has 0 fully saturated rings. The lowest BCUT2D eigenvalue weighted by Gasteiger charge is -2.47. The van der Waals surface area contributed by atoms with Crippen molar-refractivity contribution in [3.8, 4) is 22.6 Å². The Kier molecular flexibility index (Phi) is 6.13. The van der Waals surface area contributed by atoms with Gasteiger partial charge in [-0.05, 0) is 47.2 Å². The summed E-state index contributed by atoms with van der Waals surface area (Å²) in [6.07, 6.45) is 1.05. The normalized spacial score (nSPS) is 16.6. The maximum atomic E-state index is 14.3. The molecular weight excluding hydrogens is 524 g/mol. The van der Waals surface area contributed by atoms with Gasteiger partial charge in [0.15, 0.2) is 11.6 Å². The van der Waals surface area contributed by atoms with Gasteiger partial charge in [0, 0.05) is 48.9 Å². The first-order chi connectivity index (χ1) is 19.3. The number of Topliss-reactive ketones (excluding diaryl/α,β-unsaturated/α-hetero) is 2. The molecule has 1 aliphatic carbocycles. The van der Waals surface area contributed by atoms with Crippen molar-refractivity contribution in [3.63, 3.8) is 0 Å². The summed E-state index contributed by atoms with van der Waals surface area (Å²) in [6, 6.07) is 20.3. The molecule has 0 atom stereocenters. The lowest BCUT2D eigenvalue weighted by Crippen LogP contribution is -2.62. The molecule has 4 aromatic carbocycles. The Bertz CT molecular complexity index is 1800. The van der Waals surface area contributed by atoms with Crippen molar-refractivity contribution in [3.05, 3.63) is 82.9 Å². The van der Waals surface area contributed by atoms with Crippen LogP contribution in [0, 0.1) is 0 Å². The van der Waals surface area contributed by atoms with Crippen LogP contribution < -0.4 is 8.85 Å². The van der Waals surface area contributed by atoms with E-state index in [2.05, 4.69) is 65.8 Å². The molecule has 0 unspecified atom stereocenters. The molecule has 2 aliphatic rings. The highest BCUT2D eigenvalue weighted by atomic mass is 28.4. The first kappa shape index (κ1) is 27.5. The lowest BCUT2D eigenvalue weighted by molar-refractivity contribution is 0.0971. The van der Waals surface area contributed by atoms with Crippen LogP contribution in [0.5, 0.6) is 11.5 Å². The van der Waals surface area contributed by atoms with E-state index in [1.807, 2.05) is 50.2 Å². The van der Waals surface area contributed by atoms with Crippen molar-refractivity contribution >= 4 is 41.7 Å². The standard InChI is InChI=1S/C36H38O4Si/c1-9-23-24(10-2)34(38)31-26(33(23)37)18-15-22-17-20-28-32(29(22)31)30-25-14-12-11-13-21(25)16-19-27(30)39-41(40-28,35(3,4)5)36(6,7)8/h11-20H,9-10H2,1-8H3. The predicted molar refractivity (Wildman–Crippen MR) is 170 cm³/mol. The second kappa shape index (κ2) is 9.15. The number of benzene rings is 4. The van der Waals surface area contributed by atoms with Gasteiger partial charge >= 0.3 is 8.56 Å². The summed E-state index contributed by atoms with van der Waals surface area (Å²) in [5.41, 5.74) is 3.97. The van der Waals surface area contributed by atoms with Gasteiger partial charge in [0.1, 0.15) is 11.5 Å². The zero-order chi connectivity index (χ0) is 29.5. The van der Waals surface area contributed by atoms with Gasteiger partial charge in [-0.3, -0.25) is 9.59 Å². The molecule has 0 spiro atoms. The fourth-order valence-corrected chi connectivity index (χ4v) is 11.6. The molecule has 6 rings (SSSR count). The highest BCUT2D eigenvalue weighted by Gasteiger charge is 2.63. The van der Waals surface area contributed by atoms with E-state index in [1.165, 1.54) is 0 Å². The average Bonchev–Trinajstić information content (AvgIpc) is 3.09. The third kappa shape index (κ3) is 3.78. The number of fused-ring (bicyclic) bond motifs is 9. The third-order valence-corrected chi connectivity index (χ3v) is 13.8. The Hall–Kier alpha value is -3.70. The minimum absolute atomic E-state index is 0.0458. The summed E-state index contributed by atoms with van der Waals surface area (Å²) < 4.78 is 14.5. The van der Waals surface area contributed by atoms with E-state index in [0.29, 0.717) is 40.9 Å². The van der Waals surface area contributed by atoms with Crippen LogP contribution in [0.2, 0.25) is 10.1 Å². The number of hydrogen-bond acceptors (Lipinski definition) is 4. The molecule has 4 aromatic rings. The van der Waals surface area contributed by atoms with Crippen LogP contribution in [0.15, 0.2) is 71.8 Å². The zero-order valence-corrected chi connectivity index (χ0v) is 26.3. The highest BCUT2D eigenvalue weighted by molar-refractivity contribution is 6.75. The average molecular weight is 563 g/mol. The second-order valence-electron chi connectivity index (χ2n) is 13.3. The van der Waals surface area contributed by atoms with Crippen LogP contribution in [-0.2, 0) is 0 Å². The van der Waals surface area contributed by atoms with E-state index in [0.717, 1.165) is 38.4 Å². The van der Waals surface area contributed by atoms with Gasteiger partial charge in [-0.15, -0.1) is 0 Å². The summed E-state index contributed by atoms with van der Waals surface area (Å²) >= 11 is 0. The summed E-state index contributed by atoms with van der Waals surface area (Å²) in [4.78, 5) is 28.1. The van der Waals surface area contributed by atoms with Gasteiger partial charge in [-0.1, -0.05) is 97.9 Å². The lowest BCUT2D eigenvalue weighted by atomic mass is 9.78. The molecule has 210 valence electrons. The molecular formula is C36H38O4Si. The van der Waals surface area contributed by atoms with Crippen LogP contribution in [-0.4, -0.2) is 20.1 Å². The number of hydrogen-bond donors (Lipinski definition) is 0. The molecule has 0 bridgehead atoms. The molecule has 0 N–H and O–H groups in total. The van der Waals surface area contributed by atoms with Crippen LogP contribution >= 0.6 is 0 Å². The fourth-order valence-electron chi connectivity index (χ4n) is 7.16. The summed E-state index contributed by atoms with van der Waals surface area (Å²) in [5, 5.41) is 3.20. The highest BCUT2D eigenvalue weighted by Crippen LogP contribution is 2.58. The fraction of sp³-hybridized carbons (Fsp3) is 0.333. The molecule has 0 radical (unpaired) electrons. The Morgan fingerprint density at radius 1 is 0.610 bits per heavy atom. The Morgan fingerprint density at radius 3 is 1.76 bits per heavy atom. The summed E-state index contributed by atoms with van der Waals surface area (Å²) in [6.45, 7) is 17.1. The number of carbonyl (C=O) groups is 2. The smallest absolute Gasteiger partial charge is 0.471 e. The van der Waals surface area contributed by atoms with E-state index in [-0.39, 0.29) is 21.6 Å². The molecule has 4 nitrogen and oxygen atoms in total. The van der Waals surface area contributed by atoms with Gasteiger partial charge in [0.25, 0.3) is 0 Å². The first-order valence-electron chi connectivity index (χ1n) is 14.7. The molecule has 1 aliphatic heterocycles. The van der Waals surface area contributed by atoms with Crippen molar-refractivity contribution in [1.29, 1.82) is 0 Å². The molecule has 1 heterocycles. The van der Waals surface area contributed by atoms with E-state index in [4.69, 9.17) is 8.85 Å². The molecule has 0 saturated heterocycles. The van der Waals surface area contributed by atoms with E-state index >= 15 is 0 Å². The SMILES string of the molecule is CCC1=C(CC)C(=O)c2c(ccc3ccc4c(c23)-c2c(ccc3ccccc23)O[Si](C(C)(C)C)(C(C)(C)C)O4)C1=O. The summed E-state index contributed by atoms with van der Waals surface area (Å²) in [7, 11) is -3.08. The van der Waals surface area contributed by atoms with E-state index in [1.54, 1.807) is 0 Å². The monoisotopic (exact) mass is 562 g/mol. The van der Waals surface area contributed by atoms with Crippen molar-refractivity contribution in [1.82, 2.24) is 0 Å². The van der Waals surface area contributed by atoms with Gasteiger partial charge in [0.05, 0.1) is 0 Å². The van der Waals surface area contributed by atoms with Crippen LogP contribution in [0.1, 0.15) is 88.9 Å². The van der Waals surface area contributed by atoms with Crippen molar-refractivity contribution in [2.24, 2.45) is 0 Å². The second-order valence-corrected chi connectivity index (χ2v) is 18.0. The largest absolute Gasteiger partial charge is 0.511 e. The number of rotatable bonds is 2. The van der Waals surface area contributed by atoms with E-state index < -0.39 is 8.56 Å². The van der Waals surface area contributed by atoms with Crippen LogP contribution in [0.3, 0.4) is 0 Å². The maximum Gasteiger partial charge on any atom is 0.471 e. The summed E-state index contributed by atoms with van der Waals surface area (Å²) in [5.74, 6) is 1.37. The predicted octanol–water partition coefficient (Wildman–Crippen LogP) is 9.97. The minimum Gasteiger partial charge on any atom is -0.511 e. The Labute approximate surface area is 243 Å². The quantitative estimate of drug-likeness (QED) is 0.228. The van der Waals surface area contributed by atoms with Gasteiger partial charge in [0.2, 0.25) is 0 Å². The molecule has 5 heteroatoms. The van der Waals surface area contributed by atoms with Gasteiger partial charge < -0.3 is 8.85 Å². The van der Waals surface area contributed by atoms with Crippen molar-refractivity contribution < 1.29 is 18.4 Å². The molecule has 0 aromatic heterocycles.